The van der Waals surface area contributed by atoms with Crippen molar-refractivity contribution in [2.24, 2.45) is 5.92 Å². The number of hydrogen-bond donors (Lipinski definition) is 2. The van der Waals surface area contributed by atoms with E-state index in [1.807, 2.05) is 6.07 Å². The van der Waals surface area contributed by atoms with Gasteiger partial charge in [0, 0.05) is 17.7 Å². The smallest absolute Gasteiger partial charge is 0.336 e. The molecule has 0 aliphatic heterocycles. The van der Waals surface area contributed by atoms with Crippen LogP contribution in [-0.4, -0.2) is 23.0 Å². The molecule has 0 bridgehead atoms. The first-order valence-electron chi connectivity index (χ1n) is 9.34. The van der Waals surface area contributed by atoms with Crippen molar-refractivity contribution in [3.05, 3.63) is 53.3 Å². The summed E-state index contributed by atoms with van der Waals surface area (Å²) in [4.78, 5) is 23.9. The molecular weight excluding hydrogens is 356 g/mol. The molecular formula is C22H22N2O4. The molecule has 2 aromatic rings. The Balaban J connectivity index is 1.80. The van der Waals surface area contributed by atoms with Gasteiger partial charge < -0.3 is 14.8 Å². The minimum atomic E-state index is -1.05. The highest BCUT2D eigenvalue weighted by molar-refractivity contribution is 6.01. The van der Waals surface area contributed by atoms with E-state index in [4.69, 9.17) is 4.42 Å². The van der Waals surface area contributed by atoms with E-state index in [2.05, 4.69) is 12.2 Å². The Hall–Kier alpha value is -3.33. The number of benzene rings is 1. The Morgan fingerprint density at radius 3 is 2.68 bits per heavy atom. The largest absolute Gasteiger partial charge is 0.478 e. The van der Waals surface area contributed by atoms with Gasteiger partial charge in [-0.05, 0) is 37.0 Å². The second-order valence-electron chi connectivity index (χ2n) is 7.06. The van der Waals surface area contributed by atoms with Crippen molar-refractivity contribution in [2.45, 2.75) is 38.6 Å². The van der Waals surface area contributed by atoms with Gasteiger partial charge in [-0.1, -0.05) is 38.0 Å². The average Bonchev–Trinajstić information content (AvgIpc) is 3.16. The normalized spacial score (nSPS) is 19.6. The van der Waals surface area contributed by atoms with E-state index in [9.17, 15) is 20.0 Å². The zero-order valence-corrected chi connectivity index (χ0v) is 15.6. The molecule has 28 heavy (non-hydrogen) atoms. The molecule has 1 amide bonds. The van der Waals surface area contributed by atoms with Crippen LogP contribution in [0.3, 0.4) is 0 Å². The van der Waals surface area contributed by atoms with Crippen LogP contribution in [0, 0.1) is 17.2 Å². The van der Waals surface area contributed by atoms with Crippen LogP contribution in [0.15, 0.2) is 46.4 Å². The van der Waals surface area contributed by atoms with Gasteiger partial charge in [-0.2, -0.15) is 5.26 Å². The first kappa shape index (κ1) is 19.4. The van der Waals surface area contributed by atoms with E-state index in [0.29, 0.717) is 23.0 Å². The van der Waals surface area contributed by atoms with Gasteiger partial charge in [0.15, 0.2) is 0 Å². The number of aromatic carboxylic acids is 1. The molecule has 1 aliphatic carbocycles. The van der Waals surface area contributed by atoms with Gasteiger partial charge in [-0.15, -0.1) is 0 Å². The van der Waals surface area contributed by atoms with Crippen LogP contribution in [0.4, 0.5) is 0 Å². The zero-order valence-electron chi connectivity index (χ0n) is 15.6. The van der Waals surface area contributed by atoms with Crippen LogP contribution in [0.1, 0.15) is 48.7 Å². The molecule has 1 heterocycles. The van der Waals surface area contributed by atoms with Gasteiger partial charge in [0.05, 0.1) is 5.56 Å². The molecule has 2 atom stereocenters. The standard InChI is InChI=1S/C22H22N2O4/c1-14-6-2-5-9-19(14)24-21(25)15(13-23)12-16-10-11-20(28-16)17-7-3-4-8-18(17)22(26)27/h3-4,7-8,10-12,14,19H,2,5-6,9H2,1H3,(H,24,25)(H,26,27)/b15-12+/t14-,19+/m1/s1. The monoisotopic (exact) mass is 378 g/mol. The second-order valence-corrected chi connectivity index (χ2v) is 7.06. The minimum Gasteiger partial charge on any atom is -0.478 e. The summed E-state index contributed by atoms with van der Waals surface area (Å²) in [6, 6.07) is 11.8. The molecule has 0 unspecified atom stereocenters. The van der Waals surface area contributed by atoms with Gasteiger partial charge in [0.25, 0.3) is 5.91 Å². The van der Waals surface area contributed by atoms with E-state index < -0.39 is 11.9 Å². The first-order chi connectivity index (χ1) is 13.5. The third kappa shape index (κ3) is 4.32. The number of nitriles is 1. The highest BCUT2D eigenvalue weighted by Gasteiger charge is 2.24. The summed E-state index contributed by atoms with van der Waals surface area (Å²) in [5.74, 6) is -0.394. The summed E-state index contributed by atoms with van der Waals surface area (Å²) in [7, 11) is 0. The fraction of sp³-hybridized carbons (Fsp3) is 0.318. The van der Waals surface area contributed by atoms with Crippen LogP contribution in [0.2, 0.25) is 0 Å². The molecule has 2 N–H and O–H groups in total. The maximum absolute atomic E-state index is 12.5. The Kier molecular flexibility index (Phi) is 5.95. The molecule has 3 rings (SSSR count). The van der Waals surface area contributed by atoms with E-state index in [1.54, 1.807) is 30.3 Å². The first-order valence-corrected chi connectivity index (χ1v) is 9.34. The summed E-state index contributed by atoms with van der Waals surface area (Å²) < 4.78 is 5.68. The highest BCUT2D eigenvalue weighted by Crippen LogP contribution is 2.27. The number of nitrogens with one attached hydrogen (secondary N) is 1. The van der Waals surface area contributed by atoms with Crippen LogP contribution in [-0.2, 0) is 4.79 Å². The molecule has 1 fully saturated rings. The van der Waals surface area contributed by atoms with Crippen molar-refractivity contribution in [1.29, 1.82) is 5.26 Å². The molecule has 1 aliphatic rings. The fourth-order valence-corrected chi connectivity index (χ4v) is 3.53. The third-order valence-corrected chi connectivity index (χ3v) is 5.13. The predicted molar refractivity (Wildman–Crippen MR) is 104 cm³/mol. The number of carbonyl (C=O) groups is 2. The van der Waals surface area contributed by atoms with E-state index in [1.165, 1.54) is 18.6 Å². The molecule has 0 saturated heterocycles. The zero-order chi connectivity index (χ0) is 20.1. The molecule has 0 spiro atoms. The molecule has 1 saturated carbocycles. The number of rotatable bonds is 5. The molecule has 0 radical (unpaired) electrons. The highest BCUT2D eigenvalue weighted by atomic mass is 16.4. The molecule has 6 heteroatoms. The van der Waals surface area contributed by atoms with E-state index >= 15 is 0 Å². The van der Waals surface area contributed by atoms with Gasteiger partial charge in [0.1, 0.15) is 23.2 Å². The van der Waals surface area contributed by atoms with Crippen molar-refractivity contribution < 1.29 is 19.1 Å². The Bertz CT molecular complexity index is 951. The molecule has 1 aromatic carbocycles. The van der Waals surface area contributed by atoms with Crippen molar-refractivity contribution in [1.82, 2.24) is 5.32 Å². The third-order valence-electron chi connectivity index (χ3n) is 5.13. The lowest BCUT2D eigenvalue weighted by Gasteiger charge is -2.29. The average molecular weight is 378 g/mol. The Morgan fingerprint density at radius 2 is 1.96 bits per heavy atom. The topological polar surface area (TPSA) is 103 Å². The number of carboxylic acids is 1. The lowest BCUT2D eigenvalue weighted by atomic mass is 9.86. The van der Waals surface area contributed by atoms with Gasteiger partial charge in [-0.3, -0.25) is 4.79 Å². The number of carboxylic acid groups (broad SMARTS) is 1. The number of amides is 1. The lowest BCUT2D eigenvalue weighted by Crippen LogP contribution is -2.41. The number of nitrogens with zero attached hydrogens (tertiary/aromatic N) is 1. The van der Waals surface area contributed by atoms with Gasteiger partial charge in [0.2, 0.25) is 0 Å². The van der Waals surface area contributed by atoms with Crippen molar-refractivity contribution in [2.75, 3.05) is 0 Å². The maximum Gasteiger partial charge on any atom is 0.336 e. The van der Waals surface area contributed by atoms with Crippen LogP contribution in [0.25, 0.3) is 17.4 Å². The predicted octanol–water partition coefficient (Wildman–Crippen LogP) is 4.25. The van der Waals surface area contributed by atoms with E-state index in [0.717, 1.165) is 19.3 Å². The number of carbonyl (C=O) groups excluding carboxylic acids is 1. The number of hydrogen-bond acceptors (Lipinski definition) is 4. The molecule has 1 aromatic heterocycles. The van der Waals surface area contributed by atoms with Gasteiger partial charge >= 0.3 is 5.97 Å². The van der Waals surface area contributed by atoms with Crippen molar-refractivity contribution in [3.8, 4) is 17.4 Å². The molecule has 6 nitrogen and oxygen atoms in total. The van der Waals surface area contributed by atoms with E-state index in [-0.39, 0.29) is 17.2 Å². The summed E-state index contributed by atoms with van der Waals surface area (Å²) in [6.45, 7) is 2.11. The summed E-state index contributed by atoms with van der Waals surface area (Å²) in [5, 5.41) is 21.7. The fourth-order valence-electron chi connectivity index (χ4n) is 3.53. The van der Waals surface area contributed by atoms with Crippen LogP contribution >= 0.6 is 0 Å². The second kappa shape index (κ2) is 8.57. The van der Waals surface area contributed by atoms with Crippen molar-refractivity contribution >= 4 is 18.0 Å². The number of furan rings is 1. The quantitative estimate of drug-likeness (QED) is 0.598. The van der Waals surface area contributed by atoms with Gasteiger partial charge in [-0.25, -0.2) is 4.79 Å². The molecule has 144 valence electrons. The Labute approximate surface area is 163 Å². The SMILES string of the molecule is C[C@@H]1CCCC[C@@H]1NC(=O)/C(C#N)=C/c1ccc(-c2ccccc2C(=O)O)o1. The lowest BCUT2D eigenvalue weighted by molar-refractivity contribution is -0.118. The minimum absolute atomic E-state index is 0.0369. The maximum atomic E-state index is 12.5. The van der Waals surface area contributed by atoms with Crippen LogP contribution < -0.4 is 5.32 Å². The summed E-state index contributed by atoms with van der Waals surface area (Å²) >= 11 is 0. The van der Waals surface area contributed by atoms with Crippen LogP contribution in [0.5, 0.6) is 0 Å². The summed E-state index contributed by atoms with van der Waals surface area (Å²) in [6.07, 6.45) is 5.62. The summed E-state index contributed by atoms with van der Waals surface area (Å²) in [5.41, 5.74) is 0.524. The van der Waals surface area contributed by atoms with Crippen molar-refractivity contribution in [3.63, 3.8) is 0 Å². The Morgan fingerprint density at radius 1 is 1.21 bits per heavy atom.